The van der Waals surface area contributed by atoms with Gasteiger partial charge in [0.15, 0.2) is 0 Å². The van der Waals surface area contributed by atoms with Crippen molar-refractivity contribution in [2.75, 3.05) is 33.7 Å². The van der Waals surface area contributed by atoms with Gasteiger partial charge in [-0.2, -0.15) is 0 Å². The third kappa shape index (κ3) is 4.77. The summed E-state index contributed by atoms with van der Waals surface area (Å²) in [6.45, 7) is 2.37. The minimum absolute atomic E-state index is 0.127. The van der Waals surface area contributed by atoms with E-state index in [1.165, 1.54) is 5.56 Å². The van der Waals surface area contributed by atoms with Gasteiger partial charge in [0.1, 0.15) is 0 Å². The normalized spacial score (nSPS) is 11.3. The standard InChI is InChI=1S/C23H29N3O/c1-24(2)16-17-26(15-9-12-19-10-5-4-6-11-19)23(27)21-18-25(3)22-14-8-7-13-20(21)22/h4-8,10-11,13-14,18H,9,12,15-17H2,1-3H3. The van der Waals surface area contributed by atoms with Gasteiger partial charge in [-0.1, -0.05) is 48.5 Å². The number of aryl methyl sites for hydroxylation is 2. The Labute approximate surface area is 162 Å². The average molecular weight is 364 g/mol. The Morgan fingerprint density at radius 2 is 1.63 bits per heavy atom. The zero-order valence-electron chi connectivity index (χ0n) is 16.6. The molecule has 1 heterocycles. The van der Waals surface area contributed by atoms with E-state index in [0.29, 0.717) is 0 Å². The van der Waals surface area contributed by atoms with E-state index in [0.717, 1.165) is 48.9 Å². The molecule has 0 fully saturated rings. The molecule has 0 atom stereocenters. The molecular formula is C23H29N3O. The van der Waals surface area contributed by atoms with Crippen molar-refractivity contribution in [1.82, 2.24) is 14.4 Å². The van der Waals surface area contributed by atoms with Crippen LogP contribution in [0.1, 0.15) is 22.3 Å². The van der Waals surface area contributed by atoms with E-state index in [1.54, 1.807) is 0 Å². The Morgan fingerprint density at radius 3 is 2.37 bits per heavy atom. The molecule has 0 radical (unpaired) electrons. The summed E-state index contributed by atoms with van der Waals surface area (Å²) < 4.78 is 2.04. The molecule has 3 aromatic rings. The SMILES string of the molecule is CN(C)CCN(CCCc1ccccc1)C(=O)c1cn(C)c2ccccc12. The predicted octanol–water partition coefficient (Wildman–Crippen LogP) is 3.81. The fourth-order valence-electron chi connectivity index (χ4n) is 3.44. The number of fused-ring (bicyclic) bond motifs is 1. The topological polar surface area (TPSA) is 28.5 Å². The number of hydrogen-bond acceptors (Lipinski definition) is 2. The summed E-state index contributed by atoms with van der Waals surface area (Å²) in [5.74, 6) is 0.127. The van der Waals surface area contributed by atoms with Gasteiger partial charge in [-0.3, -0.25) is 4.79 Å². The molecule has 0 aliphatic carbocycles. The number of hydrogen-bond donors (Lipinski definition) is 0. The second kappa shape index (κ2) is 8.87. The summed E-state index contributed by atoms with van der Waals surface area (Å²) in [6, 6.07) is 18.6. The van der Waals surface area contributed by atoms with Crippen LogP contribution in [-0.4, -0.2) is 54.0 Å². The molecule has 3 rings (SSSR count). The van der Waals surface area contributed by atoms with E-state index in [9.17, 15) is 4.79 Å². The molecule has 27 heavy (non-hydrogen) atoms. The first-order valence-electron chi connectivity index (χ1n) is 9.58. The van der Waals surface area contributed by atoms with Crippen molar-refractivity contribution in [3.8, 4) is 0 Å². The fraction of sp³-hybridized carbons (Fsp3) is 0.348. The van der Waals surface area contributed by atoms with Crippen molar-refractivity contribution in [2.24, 2.45) is 7.05 Å². The van der Waals surface area contributed by atoms with Gasteiger partial charge in [-0.15, -0.1) is 0 Å². The molecule has 4 nitrogen and oxygen atoms in total. The van der Waals surface area contributed by atoms with Crippen molar-refractivity contribution >= 4 is 16.8 Å². The monoisotopic (exact) mass is 363 g/mol. The molecular weight excluding hydrogens is 334 g/mol. The van der Waals surface area contributed by atoms with Gasteiger partial charge in [0.25, 0.3) is 5.91 Å². The summed E-state index contributed by atoms with van der Waals surface area (Å²) >= 11 is 0. The molecule has 0 N–H and O–H groups in total. The number of carbonyl (C=O) groups excluding carboxylic acids is 1. The van der Waals surface area contributed by atoms with E-state index >= 15 is 0 Å². The molecule has 1 amide bonds. The minimum Gasteiger partial charge on any atom is -0.350 e. The number of rotatable bonds is 8. The summed E-state index contributed by atoms with van der Waals surface area (Å²) in [5, 5.41) is 1.03. The van der Waals surface area contributed by atoms with E-state index < -0.39 is 0 Å². The Morgan fingerprint density at radius 1 is 0.926 bits per heavy atom. The maximum absolute atomic E-state index is 13.3. The highest BCUT2D eigenvalue weighted by Gasteiger charge is 2.20. The molecule has 1 aromatic heterocycles. The van der Waals surface area contributed by atoms with Gasteiger partial charge in [0.05, 0.1) is 5.56 Å². The van der Waals surface area contributed by atoms with Crippen LogP contribution in [0.4, 0.5) is 0 Å². The summed E-state index contributed by atoms with van der Waals surface area (Å²) in [4.78, 5) is 17.5. The molecule has 4 heteroatoms. The van der Waals surface area contributed by atoms with Gasteiger partial charge in [-0.05, 0) is 38.6 Å². The highest BCUT2D eigenvalue weighted by Crippen LogP contribution is 2.22. The van der Waals surface area contributed by atoms with E-state index in [4.69, 9.17) is 0 Å². The van der Waals surface area contributed by atoms with Gasteiger partial charge in [-0.25, -0.2) is 0 Å². The first-order valence-corrected chi connectivity index (χ1v) is 9.58. The van der Waals surface area contributed by atoms with Crippen molar-refractivity contribution in [3.63, 3.8) is 0 Å². The van der Waals surface area contributed by atoms with Crippen molar-refractivity contribution in [3.05, 3.63) is 71.9 Å². The van der Waals surface area contributed by atoms with Crippen molar-refractivity contribution < 1.29 is 4.79 Å². The van der Waals surface area contributed by atoms with Crippen molar-refractivity contribution in [1.29, 1.82) is 0 Å². The van der Waals surface area contributed by atoms with Gasteiger partial charge >= 0.3 is 0 Å². The Kier molecular flexibility index (Phi) is 6.30. The predicted molar refractivity (Wildman–Crippen MR) is 112 cm³/mol. The van der Waals surface area contributed by atoms with Crippen LogP contribution in [0.15, 0.2) is 60.8 Å². The van der Waals surface area contributed by atoms with Gasteiger partial charge in [0.2, 0.25) is 0 Å². The maximum Gasteiger partial charge on any atom is 0.256 e. The lowest BCUT2D eigenvalue weighted by Crippen LogP contribution is -2.37. The van der Waals surface area contributed by atoms with Gasteiger partial charge in [0, 0.05) is 43.8 Å². The maximum atomic E-state index is 13.3. The first-order chi connectivity index (χ1) is 13.1. The zero-order chi connectivity index (χ0) is 19.2. The quantitative estimate of drug-likeness (QED) is 0.609. The number of aromatic nitrogens is 1. The minimum atomic E-state index is 0.127. The van der Waals surface area contributed by atoms with Crippen LogP contribution in [-0.2, 0) is 13.5 Å². The van der Waals surface area contributed by atoms with Crippen LogP contribution in [0.25, 0.3) is 10.9 Å². The number of nitrogens with zero attached hydrogens (tertiary/aromatic N) is 3. The first kappa shape index (κ1) is 19.2. The van der Waals surface area contributed by atoms with Crippen LogP contribution in [0.3, 0.4) is 0 Å². The summed E-state index contributed by atoms with van der Waals surface area (Å²) in [6.07, 6.45) is 3.92. The molecule has 0 bridgehead atoms. The molecule has 0 spiro atoms. The molecule has 0 aliphatic rings. The summed E-state index contributed by atoms with van der Waals surface area (Å²) in [5.41, 5.74) is 3.21. The second-order valence-electron chi connectivity index (χ2n) is 7.36. The lowest BCUT2D eigenvalue weighted by Gasteiger charge is -2.24. The van der Waals surface area contributed by atoms with Crippen LogP contribution in [0.5, 0.6) is 0 Å². The lowest BCUT2D eigenvalue weighted by atomic mass is 10.1. The third-order valence-electron chi connectivity index (χ3n) is 4.97. The smallest absolute Gasteiger partial charge is 0.256 e. The molecule has 0 saturated heterocycles. The summed E-state index contributed by atoms with van der Waals surface area (Å²) in [7, 11) is 6.09. The average Bonchev–Trinajstić information content (AvgIpc) is 3.02. The Bertz CT molecular complexity index is 883. The lowest BCUT2D eigenvalue weighted by molar-refractivity contribution is 0.0744. The number of likely N-dealkylation sites (N-methyl/N-ethyl adjacent to an activating group) is 1. The van der Waals surface area contributed by atoms with Crippen molar-refractivity contribution in [2.45, 2.75) is 12.8 Å². The number of benzene rings is 2. The Hall–Kier alpha value is -2.59. The van der Waals surface area contributed by atoms with E-state index in [1.807, 2.05) is 61.1 Å². The molecule has 0 saturated carbocycles. The third-order valence-corrected chi connectivity index (χ3v) is 4.97. The van der Waals surface area contributed by atoms with E-state index in [2.05, 4.69) is 35.2 Å². The largest absolute Gasteiger partial charge is 0.350 e. The van der Waals surface area contributed by atoms with Gasteiger partial charge < -0.3 is 14.4 Å². The second-order valence-corrected chi connectivity index (χ2v) is 7.36. The highest BCUT2D eigenvalue weighted by molar-refractivity contribution is 6.07. The fourth-order valence-corrected chi connectivity index (χ4v) is 3.44. The molecule has 142 valence electrons. The molecule has 2 aromatic carbocycles. The highest BCUT2D eigenvalue weighted by atomic mass is 16.2. The van der Waals surface area contributed by atoms with Crippen LogP contribution in [0, 0.1) is 0 Å². The van der Waals surface area contributed by atoms with E-state index in [-0.39, 0.29) is 5.91 Å². The zero-order valence-corrected chi connectivity index (χ0v) is 16.6. The Balaban J connectivity index is 1.75. The number of para-hydroxylation sites is 1. The number of amides is 1. The number of carbonyl (C=O) groups is 1. The van der Waals surface area contributed by atoms with Crippen LogP contribution >= 0.6 is 0 Å². The molecule has 0 unspecified atom stereocenters. The van der Waals surface area contributed by atoms with Crippen LogP contribution < -0.4 is 0 Å². The molecule has 0 aliphatic heterocycles. The van der Waals surface area contributed by atoms with Crippen LogP contribution in [0.2, 0.25) is 0 Å².